The van der Waals surface area contributed by atoms with Crippen LogP contribution in [0.5, 0.6) is 11.5 Å². The topological polar surface area (TPSA) is 194 Å². The number of ether oxygens (including phenoxy) is 2. The second-order valence-corrected chi connectivity index (χ2v) is 22.1. The van der Waals surface area contributed by atoms with Gasteiger partial charge in [0.1, 0.15) is 24.7 Å². The van der Waals surface area contributed by atoms with E-state index >= 15 is 0 Å². The van der Waals surface area contributed by atoms with Crippen LogP contribution >= 0.6 is 11.6 Å². The number of aliphatic hydroxyl groups excluding tert-OH is 2. The average Bonchev–Trinajstić information content (AvgIpc) is 4.10. The Kier molecular flexibility index (Phi) is 15.9. The van der Waals surface area contributed by atoms with Crippen molar-refractivity contribution < 1.29 is 75.8 Å². The van der Waals surface area contributed by atoms with E-state index in [-0.39, 0.29) is 92.0 Å². The maximum atomic E-state index is 14.3. The number of rotatable bonds is 12. The molecule has 6 N–H and O–H groups in total. The van der Waals surface area contributed by atoms with Crippen LogP contribution in [0.1, 0.15) is 91.5 Å². The van der Waals surface area contributed by atoms with Crippen molar-refractivity contribution in [2.45, 2.75) is 140 Å². The minimum Gasteiger partial charge on any atom is -0.491 e. The van der Waals surface area contributed by atoms with E-state index in [0.717, 1.165) is 11.5 Å². The van der Waals surface area contributed by atoms with Gasteiger partial charge in [-0.05, 0) is 116 Å². The van der Waals surface area contributed by atoms with Gasteiger partial charge in [0.2, 0.25) is 11.2 Å². The molecule has 1 fully saturated rings. The normalized spacial score (nSPS) is 20.1. The van der Waals surface area contributed by atoms with Crippen LogP contribution in [0.3, 0.4) is 0 Å². The molecular weight excluding hydrogens is 1020 g/mol. The Balaban J connectivity index is 0.000000173. The molecule has 1 aliphatic heterocycles. The van der Waals surface area contributed by atoms with Crippen LogP contribution < -0.4 is 14.9 Å². The minimum absolute atomic E-state index is 0.0423. The van der Waals surface area contributed by atoms with Gasteiger partial charge in [-0.15, -0.1) is 0 Å². The third kappa shape index (κ3) is 11.7. The van der Waals surface area contributed by atoms with Gasteiger partial charge in [-0.3, -0.25) is 9.36 Å². The van der Waals surface area contributed by atoms with Gasteiger partial charge in [0, 0.05) is 57.4 Å². The molecule has 2 aliphatic carbocycles. The highest BCUT2D eigenvalue weighted by Crippen LogP contribution is 2.59. The summed E-state index contributed by atoms with van der Waals surface area (Å²) < 4.78 is 110. The molecule has 0 spiro atoms. The van der Waals surface area contributed by atoms with Gasteiger partial charge in [-0.2, -0.15) is 36.5 Å². The molecular formula is C54H62BClF6N4O10. The molecule has 9 rings (SSSR count). The molecule has 4 atom stereocenters. The van der Waals surface area contributed by atoms with Gasteiger partial charge in [-0.1, -0.05) is 60.1 Å². The maximum Gasteiger partial charge on any atom is 0.498 e. The smallest absolute Gasteiger partial charge is 0.491 e. The second kappa shape index (κ2) is 20.7. The highest BCUT2D eigenvalue weighted by atomic mass is 35.5. The van der Waals surface area contributed by atoms with Crippen molar-refractivity contribution in [3.63, 3.8) is 0 Å². The molecule has 76 heavy (non-hydrogen) atoms. The first kappa shape index (κ1) is 58.2. The van der Waals surface area contributed by atoms with Crippen LogP contribution in [0.2, 0.25) is 5.02 Å². The molecule has 3 aliphatic rings. The molecule has 0 saturated carbocycles. The van der Waals surface area contributed by atoms with Crippen LogP contribution in [0, 0.1) is 0 Å². The molecule has 6 aromatic rings. The molecule has 1 saturated heterocycles. The first-order chi connectivity index (χ1) is 35.0. The number of hydrogen-bond donors (Lipinski definition) is 6. The summed E-state index contributed by atoms with van der Waals surface area (Å²) in [5, 5.41) is 68.9. The lowest BCUT2D eigenvalue weighted by atomic mass is 9.82. The van der Waals surface area contributed by atoms with Gasteiger partial charge in [0.25, 0.3) is 0 Å². The van der Waals surface area contributed by atoms with E-state index in [1.54, 1.807) is 69.0 Å². The summed E-state index contributed by atoms with van der Waals surface area (Å²) in [5.41, 5.74) is -7.52. The number of aliphatic hydroxyl groups is 6. The highest BCUT2D eigenvalue weighted by Gasteiger charge is 2.62. The second-order valence-electron chi connectivity index (χ2n) is 21.7. The Morgan fingerprint density at radius 1 is 0.618 bits per heavy atom. The Hall–Kier alpha value is -5.49. The van der Waals surface area contributed by atoms with E-state index in [1.165, 1.54) is 67.2 Å². The van der Waals surface area contributed by atoms with Crippen molar-refractivity contribution in [2.75, 3.05) is 13.2 Å². The van der Waals surface area contributed by atoms with E-state index < -0.39 is 54.1 Å². The minimum atomic E-state index is -4.99. The fraction of sp³-hybridized carbons (Fsp3) is 0.444. The third-order valence-electron chi connectivity index (χ3n) is 13.2. The molecule has 0 radical (unpaired) electrons. The summed E-state index contributed by atoms with van der Waals surface area (Å²) in [6.07, 6.45) is -4.84. The van der Waals surface area contributed by atoms with Gasteiger partial charge >= 0.3 is 19.5 Å². The lowest BCUT2D eigenvalue weighted by Crippen LogP contribution is -2.41. The summed E-state index contributed by atoms with van der Waals surface area (Å²) in [6, 6.07) is 16.9. The molecule has 2 aromatic heterocycles. The molecule has 4 aromatic carbocycles. The first-order valence-electron chi connectivity index (χ1n) is 24.2. The number of benzene rings is 4. The molecule has 410 valence electrons. The first-order valence-corrected chi connectivity index (χ1v) is 24.6. The van der Waals surface area contributed by atoms with E-state index in [4.69, 9.17) is 30.4 Å². The lowest BCUT2D eigenvalue weighted by Gasteiger charge is -2.32. The Labute approximate surface area is 441 Å². The van der Waals surface area contributed by atoms with Gasteiger partial charge in [0.15, 0.2) is 0 Å². The maximum absolute atomic E-state index is 14.3. The van der Waals surface area contributed by atoms with E-state index in [2.05, 4.69) is 10.2 Å². The van der Waals surface area contributed by atoms with Crippen molar-refractivity contribution in [3.05, 3.63) is 125 Å². The fourth-order valence-corrected chi connectivity index (χ4v) is 9.35. The standard InChI is InChI=1S/C24H25F3N2O4.C17H14ClF3O3.C13H23BN2O3/c1-14(30)12-33-16-8-18(15-10-28-29(11-15)13-22(2,3)31)21-17-6-4-5-7-19(17)23(32,20(21)9-16)24(25,26)27;1-9(22)8-24-10-6-13-15(14(18)7-10)11-4-2-3-5-12(11)16(13,23)17(19,20)21;1-11(2,17)9-16-8-10(7-15-16)14-18-12(3,4)13(5,6)19-14/h4-11,14,30-32H,12-13H2,1-3H3;2-7,9,22-23H,8H2,1H3;7-8,17H,9H2,1-6H3/t14-,23+;9-,16+;/m00./s1. The number of fused-ring (bicyclic) bond motifs is 6. The zero-order valence-corrected chi connectivity index (χ0v) is 44.3. The van der Waals surface area contributed by atoms with Crippen molar-refractivity contribution in [3.8, 4) is 44.9 Å². The average molecular weight is 1090 g/mol. The van der Waals surface area contributed by atoms with Crippen molar-refractivity contribution >= 4 is 24.2 Å². The van der Waals surface area contributed by atoms with E-state index in [1.807, 2.05) is 33.9 Å². The van der Waals surface area contributed by atoms with Crippen LogP contribution in [-0.4, -0.2) is 117 Å². The number of halogens is 7. The summed E-state index contributed by atoms with van der Waals surface area (Å²) in [6.45, 7) is 18.2. The van der Waals surface area contributed by atoms with Crippen LogP contribution in [-0.2, 0) is 33.6 Å². The van der Waals surface area contributed by atoms with Gasteiger partial charge < -0.3 is 49.4 Å². The Morgan fingerprint density at radius 2 is 1.04 bits per heavy atom. The van der Waals surface area contributed by atoms with Crippen molar-refractivity contribution in [1.29, 1.82) is 0 Å². The Morgan fingerprint density at radius 3 is 1.50 bits per heavy atom. The van der Waals surface area contributed by atoms with E-state index in [0.29, 0.717) is 17.7 Å². The van der Waals surface area contributed by atoms with Gasteiger partial charge in [-0.25, -0.2) is 0 Å². The Bertz CT molecular complexity index is 3040. The molecule has 0 bridgehead atoms. The summed E-state index contributed by atoms with van der Waals surface area (Å²) in [5.74, 6) is 0.130. The number of aromatic nitrogens is 4. The third-order valence-corrected chi connectivity index (χ3v) is 13.4. The van der Waals surface area contributed by atoms with Gasteiger partial charge in [0.05, 0.1) is 58.9 Å². The summed E-state index contributed by atoms with van der Waals surface area (Å²) >= 11 is 6.17. The summed E-state index contributed by atoms with van der Waals surface area (Å²) in [4.78, 5) is 0. The fourth-order valence-electron chi connectivity index (χ4n) is 9.04. The lowest BCUT2D eigenvalue weighted by molar-refractivity contribution is -0.247. The zero-order chi connectivity index (χ0) is 56.4. The zero-order valence-electron chi connectivity index (χ0n) is 43.5. The van der Waals surface area contributed by atoms with Crippen LogP contribution in [0.25, 0.3) is 33.4 Å². The summed E-state index contributed by atoms with van der Waals surface area (Å²) in [7, 11) is -0.402. The number of nitrogens with zero attached hydrogens (tertiary/aromatic N) is 4. The number of hydrogen-bond acceptors (Lipinski definition) is 12. The number of alkyl halides is 6. The predicted molar refractivity (Wildman–Crippen MR) is 273 cm³/mol. The van der Waals surface area contributed by atoms with E-state index in [9.17, 15) is 57.0 Å². The molecule has 3 heterocycles. The molecule has 0 unspecified atom stereocenters. The molecule has 14 nitrogen and oxygen atoms in total. The highest BCUT2D eigenvalue weighted by molar-refractivity contribution is 6.62. The quantitative estimate of drug-likeness (QED) is 0.0505. The van der Waals surface area contributed by atoms with Crippen molar-refractivity contribution in [2.24, 2.45) is 0 Å². The largest absolute Gasteiger partial charge is 0.498 e. The monoisotopic (exact) mass is 1090 g/mol. The molecule has 0 amide bonds. The van der Waals surface area contributed by atoms with Crippen LogP contribution in [0.4, 0.5) is 26.3 Å². The van der Waals surface area contributed by atoms with Crippen LogP contribution in [0.15, 0.2) is 97.6 Å². The molecule has 22 heteroatoms. The SMILES string of the molecule is CC(C)(O)Cn1cc(B2OC(C)(C)C(C)(C)O2)cn1.C[C@H](O)COc1cc(-c2cnn(CC(C)(C)O)c2)c2c(c1)[C@@](O)(C(F)(F)F)c1ccccc1-2.C[C@H](O)COc1cc(Cl)c2c(c1)[C@@](O)(C(F)(F)F)c1ccccc1-2. The predicted octanol–water partition coefficient (Wildman–Crippen LogP) is 8.69. The van der Waals surface area contributed by atoms with Crippen molar-refractivity contribution in [1.82, 2.24) is 19.6 Å².